The average molecular weight is 270 g/mol. The van der Waals surface area contributed by atoms with E-state index in [9.17, 15) is 9.59 Å². The van der Waals surface area contributed by atoms with Gasteiger partial charge in [0.05, 0.1) is 5.54 Å². The molecule has 0 aromatic carbocycles. The summed E-state index contributed by atoms with van der Waals surface area (Å²) in [7, 11) is 0. The maximum Gasteiger partial charge on any atom is 0.317 e. The van der Waals surface area contributed by atoms with Crippen molar-refractivity contribution in [2.75, 3.05) is 39.3 Å². The van der Waals surface area contributed by atoms with Crippen molar-refractivity contribution in [3.05, 3.63) is 0 Å². The van der Waals surface area contributed by atoms with E-state index in [2.05, 4.69) is 10.6 Å². The van der Waals surface area contributed by atoms with Gasteiger partial charge in [0, 0.05) is 32.7 Å². The second-order valence-electron chi connectivity index (χ2n) is 5.27. The molecule has 0 aromatic heterocycles. The van der Waals surface area contributed by atoms with Crippen molar-refractivity contribution in [2.45, 2.75) is 33.2 Å². The Morgan fingerprint density at radius 2 is 1.53 bits per heavy atom. The molecule has 0 bridgehead atoms. The van der Waals surface area contributed by atoms with Crippen LogP contribution < -0.4 is 10.6 Å². The first-order valence-electron chi connectivity index (χ1n) is 6.99. The third-order valence-electron chi connectivity index (χ3n) is 3.34. The first kappa shape index (κ1) is 15.8. The molecule has 0 aliphatic carbocycles. The van der Waals surface area contributed by atoms with E-state index >= 15 is 0 Å². The van der Waals surface area contributed by atoms with Gasteiger partial charge in [0.1, 0.15) is 0 Å². The first-order valence-corrected chi connectivity index (χ1v) is 6.99. The van der Waals surface area contributed by atoms with E-state index in [0.29, 0.717) is 32.7 Å². The lowest BCUT2D eigenvalue weighted by molar-refractivity contribution is -0.138. The predicted octanol–water partition coefficient (Wildman–Crippen LogP) is 0.248. The third kappa shape index (κ3) is 4.09. The highest BCUT2D eigenvalue weighted by molar-refractivity contribution is 5.85. The standard InChI is InChI=1S/C13H26N4O2/c1-5-14-12(19)17-9-7-16(8-10-17)11(18)13(3,4)15-6-2/h15H,5-10H2,1-4H3,(H,14,19). The lowest BCUT2D eigenvalue weighted by Crippen LogP contribution is -2.59. The zero-order valence-electron chi connectivity index (χ0n) is 12.5. The van der Waals surface area contributed by atoms with E-state index in [1.807, 2.05) is 32.6 Å². The monoisotopic (exact) mass is 270 g/mol. The highest BCUT2D eigenvalue weighted by atomic mass is 16.2. The summed E-state index contributed by atoms with van der Waals surface area (Å²) in [4.78, 5) is 27.6. The van der Waals surface area contributed by atoms with Crippen LogP contribution >= 0.6 is 0 Å². The van der Waals surface area contributed by atoms with E-state index in [4.69, 9.17) is 0 Å². The van der Waals surface area contributed by atoms with Crippen LogP contribution in [0, 0.1) is 0 Å². The summed E-state index contributed by atoms with van der Waals surface area (Å²) in [5.74, 6) is 0.102. The van der Waals surface area contributed by atoms with Crippen molar-refractivity contribution in [1.29, 1.82) is 0 Å². The summed E-state index contributed by atoms with van der Waals surface area (Å²) in [6, 6.07) is -0.0412. The smallest absolute Gasteiger partial charge is 0.317 e. The van der Waals surface area contributed by atoms with E-state index in [0.717, 1.165) is 6.54 Å². The fraction of sp³-hybridized carbons (Fsp3) is 0.846. The van der Waals surface area contributed by atoms with Gasteiger partial charge in [-0.15, -0.1) is 0 Å². The molecule has 1 fully saturated rings. The number of nitrogens with one attached hydrogen (secondary N) is 2. The third-order valence-corrected chi connectivity index (χ3v) is 3.34. The van der Waals surface area contributed by atoms with E-state index in [1.165, 1.54) is 0 Å². The van der Waals surface area contributed by atoms with Crippen LogP contribution in [0.2, 0.25) is 0 Å². The fourth-order valence-electron chi connectivity index (χ4n) is 2.29. The van der Waals surface area contributed by atoms with Crippen molar-refractivity contribution < 1.29 is 9.59 Å². The van der Waals surface area contributed by atoms with Gasteiger partial charge in [-0.05, 0) is 27.3 Å². The largest absolute Gasteiger partial charge is 0.338 e. The molecule has 6 heteroatoms. The topological polar surface area (TPSA) is 64.7 Å². The highest BCUT2D eigenvalue weighted by Gasteiger charge is 2.33. The Kier molecular flexibility index (Phi) is 5.60. The summed E-state index contributed by atoms with van der Waals surface area (Å²) < 4.78 is 0. The van der Waals surface area contributed by atoms with Crippen molar-refractivity contribution in [2.24, 2.45) is 0 Å². The highest BCUT2D eigenvalue weighted by Crippen LogP contribution is 2.11. The average Bonchev–Trinajstić information content (AvgIpc) is 2.38. The maximum atomic E-state index is 12.4. The van der Waals surface area contributed by atoms with Gasteiger partial charge in [0.25, 0.3) is 0 Å². The number of hydrogen-bond acceptors (Lipinski definition) is 3. The van der Waals surface area contributed by atoms with Gasteiger partial charge in [-0.25, -0.2) is 4.79 Å². The molecule has 0 atom stereocenters. The summed E-state index contributed by atoms with van der Waals surface area (Å²) in [5.41, 5.74) is -0.539. The van der Waals surface area contributed by atoms with Crippen LogP contribution in [0.15, 0.2) is 0 Å². The van der Waals surface area contributed by atoms with E-state index < -0.39 is 5.54 Å². The van der Waals surface area contributed by atoms with Crippen LogP contribution in [0.4, 0.5) is 4.79 Å². The quantitative estimate of drug-likeness (QED) is 0.769. The minimum Gasteiger partial charge on any atom is -0.338 e. The lowest BCUT2D eigenvalue weighted by atomic mass is 10.0. The molecule has 0 radical (unpaired) electrons. The van der Waals surface area contributed by atoms with Crippen LogP contribution in [0.1, 0.15) is 27.7 Å². The second-order valence-corrected chi connectivity index (χ2v) is 5.27. The Labute approximate surface area is 115 Å². The van der Waals surface area contributed by atoms with Crippen LogP contribution in [0.25, 0.3) is 0 Å². The van der Waals surface area contributed by atoms with Crippen LogP contribution in [0.5, 0.6) is 0 Å². The Bertz CT molecular complexity index is 323. The molecule has 0 saturated carbocycles. The van der Waals surface area contributed by atoms with Gasteiger partial charge in [0.2, 0.25) is 5.91 Å². The molecule has 0 unspecified atom stereocenters. The second kappa shape index (κ2) is 6.75. The Morgan fingerprint density at radius 1 is 1.00 bits per heavy atom. The Morgan fingerprint density at radius 3 is 2.00 bits per heavy atom. The minimum atomic E-state index is -0.539. The van der Waals surface area contributed by atoms with Crippen molar-refractivity contribution in [3.63, 3.8) is 0 Å². The number of amides is 3. The maximum absolute atomic E-state index is 12.4. The zero-order valence-corrected chi connectivity index (χ0v) is 12.5. The molecular formula is C13H26N4O2. The molecule has 1 heterocycles. The summed E-state index contributed by atoms with van der Waals surface area (Å²) in [6.07, 6.45) is 0. The molecular weight excluding hydrogens is 244 g/mol. The summed E-state index contributed by atoms with van der Waals surface area (Å²) in [5, 5.41) is 5.97. The van der Waals surface area contributed by atoms with Crippen molar-refractivity contribution in [3.8, 4) is 0 Å². The SMILES string of the molecule is CCNC(=O)N1CCN(C(=O)C(C)(C)NCC)CC1. The molecule has 0 spiro atoms. The normalized spacial score (nSPS) is 16.4. The Balaban J connectivity index is 2.49. The number of piperazine rings is 1. The van der Waals surface area contributed by atoms with Gasteiger partial charge in [-0.2, -0.15) is 0 Å². The zero-order chi connectivity index (χ0) is 14.5. The van der Waals surface area contributed by atoms with Crippen LogP contribution in [-0.2, 0) is 4.79 Å². The summed E-state index contributed by atoms with van der Waals surface area (Å²) in [6.45, 7) is 11.5. The molecule has 1 saturated heterocycles. The lowest BCUT2D eigenvalue weighted by Gasteiger charge is -2.38. The number of rotatable bonds is 4. The number of carbonyl (C=O) groups is 2. The fourth-order valence-corrected chi connectivity index (χ4v) is 2.29. The van der Waals surface area contributed by atoms with Crippen molar-refractivity contribution in [1.82, 2.24) is 20.4 Å². The molecule has 1 rings (SSSR count). The molecule has 110 valence electrons. The van der Waals surface area contributed by atoms with E-state index in [1.54, 1.807) is 4.90 Å². The van der Waals surface area contributed by atoms with Crippen LogP contribution in [-0.4, -0.2) is 66.5 Å². The number of urea groups is 1. The number of carbonyl (C=O) groups excluding carboxylic acids is 2. The van der Waals surface area contributed by atoms with Crippen LogP contribution in [0.3, 0.4) is 0 Å². The van der Waals surface area contributed by atoms with Gasteiger partial charge in [-0.3, -0.25) is 4.79 Å². The Hall–Kier alpha value is -1.30. The molecule has 6 nitrogen and oxygen atoms in total. The molecule has 0 aromatic rings. The van der Waals surface area contributed by atoms with Gasteiger partial charge in [0.15, 0.2) is 0 Å². The number of likely N-dealkylation sites (N-methyl/N-ethyl adjacent to an activating group) is 1. The molecule has 19 heavy (non-hydrogen) atoms. The first-order chi connectivity index (χ1) is 8.92. The molecule has 1 aliphatic rings. The van der Waals surface area contributed by atoms with Gasteiger partial charge >= 0.3 is 6.03 Å². The summed E-state index contributed by atoms with van der Waals surface area (Å²) >= 11 is 0. The predicted molar refractivity (Wildman–Crippen MR) is 75.0 cm³/mol. The van der Waals surface area contributed by atoms with Gasteiger partial charge in [-0.1, -0.05) is 6.92 Å². The van der Waals surface area contributed by atoms with Gasteiger partial charge < -0.3 is 20.4 Å². The van der Waals surface area contributed by atoms with E-state index in [-0.39, 0.29) is 11.9 Å². The van der Waals surface area contributed by atoms with Crippen molar-refractivity contribution >= 4 is 11.9 Å². The minimum absolute atomic E-state index is 0.0412. The number of nitrogens with zero attached hydrogens (tertiary/aromatic N) is 2. The molecule has 2 N–H and O–H groups in total. The molecule has 1 aliphatic heterocycles. The molecule has 3 amide bonds. The number of hydrogen-bond donors (Lipinski definition) is 2.